The van der Waals surface area contributed by atoms with Crippen LogP contribution in [0.1, 0.15) is 46.1 Å². The zero-order valence-electron chi connectivity index (χ0n) is 23.4. The van der Waals surface area contributed by atoms with Gasteiger partial charge in [-0.1, -0.05) is 46.8 Å². The Hall–Kier alpha value is -4.80. The van der Waals surface area contributed by atoms with Gasteiger partial charge in [0.2, 0.25) is 0 Å². The van der Waals surface area contributed by atoms with Gasteiger partial charge < -0.3 is 21.8 Å². The fourth-order valence-corrected chi connectivity index (χ4v) is 3.94. The quantitative estimate of drug-likeness (QED) is 0.180. The maximum absolute atomic E-state index is 15.2. The minimum atomic E-state index is -0.604. The molecule has 40 heavy (non-hydrogen) atoms. The molecule has 2 amide bonds. The van der Waals surface area contributed by atoms with Crippen molar-refractivity contribution >= 4 is 40.0 Å². The maximum Gasteiger partial charge on any atom is 0.324 e. The second kappa shape index (κ2) is 11.1. The number of halogens is 1. The zero-order chi connectivity index (χ0) is 29.2. The first-order valence-corrected chi connectivity index (χ1v) is 12.8. The SMILES string of the molecule is CC(C)c1ccc(N/C(=C\C(=N)C(C)(C)C)NC(=O)Nc2ccc(-c3nn(C)c4ncnc(N)c34)c(F)c2)cc1. The summed E-state index contributed by atoms with van der Waals surface area (Å²) < 4.78 is 16.8. The van der Waals surface area contributed by atoms with E-state index in [0.717, 1.165) is 5.69 Å². The lowest BCUT2D eigenvalue weighted by molar-refractivity contribution is 0.254. The molecule has 6 N–H and O–H groups in total. The van der Waals surface area contributed by atoms with Gasteiger partial charge >= 0.3 is 6.03 Å². The number of nitrogens with zero attached hydrogens (tertiary/aromatic N) is 4. The lowest BCUT2D eigenvalue weighted by Crippen LogP contribution is -2.32. The second-order valence-corrected chi connectivity index (χ2v) is 10.8. The van der Waals surface area contributed by atoms with Crippen molar-refractivity contribution in [3.8, 4) is 11.3 Å². The number of aryl methyl sites for hydroxylation is 1. The largest absolute Gasteiger partial charge is 0.383 e. The Kier molecular flexibility index (Phi) is 7.85. The average Bonchev–Trinajstić information content (AvgIpc) is 3.21. The number of nitrogens with two attached hydrogens (primary N) is 1. The van der Waals surface area contributed by atoms with Crippen molar-refractivity contribution in [2.24, 2.45) is 12.5 Å². The first-order chi connectivity index (χ1) is 18.8. The summed E-state index contributed by atoms with van der Waals surface area (Å²) in [6.07, 6.45) is 2.89. The number of benzene rings is 2. The fraction of sp³-hybridized carbons (Fsp3) is 0.276. The van der Waals surface area contributed by atoms with Crippen molar-refractivity contribution < 1.29 is 9.18 Å². The number of nitrogens with one attached hydrogen (secondary N) is 4. The van der Waals surface area contributed by atoms with Crippen LogP contribution >= 0.6 is 0 Å². The molecule has 0 saturated carbocycles. The Morgan fingerprint density at radius 1 is 1.07 bits per heavy atom. The number of urea groups is 1. The molecule has 0 aliphatic carbocycles. The molecule has 11 heteroatoms. The number of nitrogen functional groups attached to an aromatic ring is 1. The van der Waals surface area contributed by atoms with Crippen LogP contribution < -0.4 is 21.7 Å². The van der Waals surface area contributed by atoms with E-state index in [1.54, 1.807) is 19.2 Å². The van der Waals surface area contributed by atoms with Gasteiger partial charge in [-0.3, -0.25) is 5.32 Å². The molecule has 0 unspecified atom stereocenters. The number of hydrogen-bond donors (Lipinski definition) is 5. The van der Waals surface area contributed by atoms with Crippen LogP contribution in [0.5, 0.6) is 0 Å². The Balaban J connectivity index is 1.55. The Labute approximate surface area is 232 Å². The third kappa shape index (κ3) is 6.25. The molecule has 0 atom stereocenters. The molecule has 4 aromatic rings. The normalized spacial score (nSPS) is 12.1. The number of fused-ring (bicyclic) bond motifs is 1. The van der Waals surface area contributed by atoms with Crippen LogP contribution in [0, 0.1) is 16.6 Å². The van der Waals surface area contributed by atoms with E-state index in [-0.39, 0.29) is 17.1 Å². The second-order valence-electron chi connectivity index (χ2n) is 10.8. The van der Waals surface area contributed by atoms with E-state index < -0.39 is 17.3 Å². The highest BCUT2D eigenvalue weighted by molar-refractivity contribution is 6.00. The summed E-state index contributed by atoms with van der Waals surface area (Å²) in [6, 6.07) is 11.5. The molecule has 0 bridgehead atoms. The van der Waals surface area contributed by atoms with E-state index in [1.165, 1.54) is 28.7 Å². The third-order valence-corrected chi connectivity index (χ3v) is 6.33. The van der Waals surface area contributed by atoms with Gasteiger partial charge in [-0.05, 0) is 41.8 Å². The van der Waals surface area contributed by atoms with E-state index in [1.807, 2.05) is 45.0 Å². The summed E-state index contributed by atoms with van der Waals surface area (Å²) in [5, 5.41) is 21.8. The van der Waals surface area contributed by atoms with E-state index >= 15 is 4.39 Å². The molecule has 0 radical (unpaired) electrons. The van der Waals surface area contributed by atoms with Crippen LogP contribution in [0.3, 0.4) is 0 Å². The first-order valence-electron chi connectivity index (χ1n) is 12.8. The molecule has 0 saturated heterocycles. The highest BCUT2D eigenvalue weighted by Crippen LogP contribution is 2.32. The van der Waals surface area contributed by atoms with E-state index in [9.17, 15) is 4.79 Å². The van der Waals surface area contributed by atoms with Crippen LogP contribution in [0.15, 0.2) is 60.7 Å². The number of amides is 2. The summed E-state index contributed by atoms with van der Waals surface area (Å²) in [5.74, 6) is 0.286. The minimum Gasteiger partial charge on any atom is -0.383 e. The number of anilines is 3. The number of carbonyl (C=O) groups excluding carboxylic acids is 1. The molecule has 10 nitrogen and oxygen atoms in total. The Morgan fingerprint density at radius 3 is 2.38 bits per heavy atom. The van der Waals surface area contributed by atoms with Crippen molar-refractivity contribution in [2.45, 2.75) is 40.5 Å². The van der Waals surface area contributed by atoms with Crippen molar-refractivity contribution in [2.75, 3.05) is 16.4 Å². The van der Waals surface area contributed by atoms with Gasteiger partial charge in [0, 0.05) is 41.2 Å². The zero-order valence-corrected chi connectivity index (χ0v) is 23.4. The number of allylic oxidation sites excluding steroid dienone is 1. The summed E-state index contributed by atoms with van der Waals surface area (Å²) in [7, 11) is 1.69. The van der Waals surface area contributed by atoms with Gasteiger partial charge in [-0.15, -0.1) is 0 Å². The van der Waals surface area contributed by atoms with E-state index in [2.05, 4.69) is 44.9 Å². The van der Waals surface area contributed by atoms with Gasteiger partial charge in [0.15, 0.2) is 5.65 Å². The first kappa shape index (κ1) is 28.2. The molecule has 0 aliphatic heterocycles. The van der Waals surface area contributed by atoms with E-state index in [4.69, 9.17) is 11.1 Å². The number of aromatic nitrogens is 4. The van der Waals surface area contributed by atoms with Crippen LogP contribution in [0.2, 0.25) is 0 Å². The molecule has 0 spiro atoms. The molecule has 0 aliphatic rings. The topological polar surface area (TPSA) is 147 Å². The third-order valence-electron chi connectivity index (χ3n) is 6.33. The molecular weight excluding hydrogens is 509 g/mol. The summed E-state index contributed by atoms with van der Waals surface area (Å²) in [5.41, 5.74) is 9.05. The highest BCUT2D eigenvalue weighted by Gasteiger charge is 2.20. The molecule has 2 heterocycles. The van der Waals surface area contributed by atoms with E-state index in [0.29, 0.717) is 34.2 Å². The highest BCUT2D eigenvalue weighted by atomic mass is 19.1. The average molecular weight is 544 g/mol. The summed E-state index contributed by atoms with van der Waals surface area (Å²) in [6.45, 7) is 9.96. The maximum atomic E-state index is 15.2. The van der Waals surface area contributed by atoms with Crippen molar-refractivity contribution in [1.82, 2.24) is 25.1 Å². The molecule has 2 aromatic heterocycles. The predicted molar refractivity (Wildman–Crippen MR) is 158 cm³/mol. The van der Waals surface area contributed by atoms with Crippen molar-refractivity contribution in [3.05, 3.63) is 72.1 Å². The predicted octanol–water partition coefficient (Wildman–Crippen LogP) is 6.02. The number of hydrogen-bond acceptors (Lipinski definition) is 7. The Bertz CT molecular complexity index is 1600. The molecular formula is C29H34FN9O. The lowest BCUT2D eigenvalue weighted by atomic mass is 9.90. The van der Waals surface area contributed by atoms with Crippen LogP contribution in [-0.2, 0) is 7.05 Å². The smallest absolute Gasteiger partial charge is 0.324 e. The van der Waals surface area contributed by atoms with Gasteiger partial charge in [-0.2, -0.15) is 5.10 Å². The van der Waals surface area contributed by atoms with Crippen LogP contribution in [0.4, 0.5) is 26.4 Å². The Morgan fingerprint density at radius 2 is 1.75 bits per heavy atom. The standard InChI is InChI=1S/C29H34FN9O/c1-16(2)17-7-9-18(10-8-17)35-23(14-22(31)29(3,4)5)37-28(40)36-19-11-12-20(21(30)13-19)25-24-26(32)33-15-34-27(24)39(6)38-25/h7-16,31,35H,1-6H3,(H2,32,33,34)(H2,36,37,40)/b23-14+,31-22?. The lowest BCUT2D eigenvalue weighted by Gasteiger charge is -2.20. The monoisotopic (exact) mass is 543 g/mol. The fourth-order valence-electron chi connectivity index (χ4n) is 3.94. The molecule has 2 aromatic carbocycles. The molecule has 4 rings (SSSR count). The van der Waals surface area contributed by atoms with Crippen molar-refractivity contribution in [1.29, 1.82) is 5.41 Å². The van der Waals surface area contributed by atoms with Gasteiger partial charge in [-0.25, -0.2) is 23.8 Å². The summed E-state index contributed by atoms with van der Waals surface area (Å²) in [4.78, 5) is 21.1. The number of rotatable bonds is 7. The van der Waals surface area contributed by atoms with Crippen LogP contribution in [-0.4, -0.2) is 31.5 Å². The summed E-state index contributed by atoms with van der Waals surface area (Å²) >= 11 is 0. The van der Waals surface area contributed by atoms with Gasteiger partial charge in [0.25, 0.3) is 0 Å². The number of carbonyl (C=O) groups is 1. The van der Waals surface area contributed by atoms with Crippen molar-refractivity contribution in [3.63, 3.8) is 0 Å². The van der Waals surface area contributed by atoms with Gasteiger partial charge in [0.05, 0.1) is 5.39 Å². The molecule has 0 fully saturated rings. The van der Waals surface area contributed by atoms with Crippen LogP contribution in [0.25, 0.3) is 22.3 Å². The van der Waals surface area contributed by atoms with Gasteiger partial charge in [0.1, 0.15) is 29.5 Å². The molecule has 208 valence electrons. The minimum absolute atomic E-state index is 0.195.